The molecular formula is C44H88NO8P. The van der Waals surface area contributed by atoms with E-state index in [4.69, 9.17) is 24.3 Å². The van der Waals surface area contributed by atoms with Gasteiger partial charge in [-0.25, -0.2) is 4.57 Å². The zero-order valence-electron chi connectivity index (χ0n) is 35.5. The summed E-state index contributed by atoms with van der Waals surface area (Å²) in [5, 5.41) is 0. The van der Waals surface area contributed by atoms with Crippen LogP contribution in [0.5, 0.6) is 0 Å². The van der Waals surface area contributed by atoms with Crippen LogP contribution in [0.2, 0.25) is 0 Å². The summed E-state index contributed by atoms with van der Waals surface area (Å²) >= 11 is 0. The molecule has 0 saturated heterocycles. The predicted molar refractivity (Wildman–Crippen MR) is 225 cm³/mol. The fourth-order valence-electron chi connectivity index (χ4n) is 6.81. The summed E-state index contributed by atoms with van der Waals surface area (Å²) < 4.78 is 32.7. The highest BCUT2D eigenvalue weighted by molar-refractivity contribution is 7.47. The van der Waals surface area contributed by atoms with Crippen molar-refractivity contribution in [3.8, 4) is 0 Å². The van der Waals surface area contributed by atoms with Crippen molar-refractivity contribution in [3.05, 3.63) is 0 Å². The molecule has 0 aromatic rings. The van der Waals surface area contributed by atoms with Crippen LogP contribution in [0.1, 0.15) is 239 Å². The lowest BCUT2D eigenvalue weighted by Crippen LogP contribution is -2.29. The van der Waals surface area contributed by atoms with Gasteiger partial charge < -0.3 is 20.1 Å². The number of esters is 2. The van der Waals surface area contributed by atoms with E-state index in [1.54, 1.807) is 0 Å². The second kappa shape index (κ2) is 41.6. The van der Waals surface area contributed by atoms with Crippen LogP contribution in [-0.2, 0) is 32.7 Å². The van der Waals surface area contributed by atoms with Crippen LogP contribution in [0, 0.1) is 0 Å². The topological polar surface area (TPSA) is 134 Å². The first-order valence-electron chi connectivity index (χ1n) is 23.0. The van der Waals surface area contributed by atoms with Crippen LogP contribution in [-0.4, -0.2) is 49.3 Å². The molecule has 10 heteroatoms. The molecule has 0 saturated carbocycles. The third-order valence-corrected chi connectivity index (χ3v) is 11.2. The standard InChI is InChI=1S/C44H88NO8P/c1-3-5-7-9-11-13-14-15-16-17-18-19-20-21-22-23-24-25-26-27-28-29-31-33-35-37-44(47)53-42(41-52-54(48,49)51-39-38-45)40-50-43(46)36-34-32-30-12-10-8-6-4-2/h42H,3-41,45H2,1-2H3,(H,48,49). The van der Waals surface area contributed by atoms with Crippen molar-refractivity contribution in [3.63, 3.8) is 0 Å². The van der Waals surface area contributed by atoms with Crippen LogP contribution in [0.3, 0.4) is 0 Å². The molecule has 3 N–H and O–H groups in total. The lowest BCUT2D eigenvalue weighted by molar-refractivity contribution is -0.161. The van der Waals surface area contributed by atoms with E-state index in [1.807, 2.05) is 0 Å². The van der Waals surface area contributed by atoms with Crippen LogP contribution < -0.4 is 5.73 Å². The van der Waals surface area contributed by atoms with Crippen molar-refractivity contribution < 1.29 is 37.6 Å². The number of hydrogen-bond acceptors (Lipinski definition) is 8. The Morgan fingerprint density at radius 3 is 1.13 bits per heavy atom. The summed E-state index contributed by atoms with van der Waals surface area (Å²) in [6.07, 6.45) is 41.7. The Morgan fingerprint density at radius 2 is 0.796 bits per heavy atom. The SMILES string of the molecule is CCCCCCCCCCCCCCCCCCCCCCCCCCCC(=O)OC(COC(=O)CCCCCCCCCC)COP(=O)(O)OCCN. The maximum atomic E-state index is 12.6. The molecule has 0 aliphatic rings. The first-order chi connectivity index (χ1) is 26.3. The highest BCUT2D eigenvalue weighted by Gasteiger charge is 2.26. The van der Waals surface area contributed by atoms with Crippen molar-refractivity contribution in [1.82, 2.24) is 0 Å². The van der Waals surface area contributed by atoms with Crippen LogP contribution in [0.25, 0.3) is 0 Å². The normalized spacial score (nSPS) is 13.2. The first kappa shape index (κ1) is 53.0. The molecular weight excluding hydrogens is 701 g/mol. The minimum absolute atomic E-state index is 0.0578. The predicted octanol–water partition coefficient (Wildman–Crippen LogP) is 13.2. The number of carbonyl (C=O) groups is 2. The van der Waals surface area contributed by atoms with Crippen molar-refractivity contribution in [1.29, 1.82) is 0 Å². The zero-order valence-corrected chi connectivity index (χ0v) is 36.4. The summed E-state index contributed by atoms with van der Waals surface area (Å²) in [6, 6.07) is 0. The summed E-state index contributed by atoms with van der Waals surface area (Å²) in [5.74, 6) is -0.818. The Balaban J connectivity index is 3.88. The number of carbonyl (C=O) groups excluding carboxylic acids is 2. The number of ether oxygens (including phenoxy) is 2. The van der Waals surface area contributed by atoms with Gasteiger partial charge in [0.05, 0.1) is 13.2 Å². The molecule has 2 atom stereocenters. The Hall–Kier alpha value is -0.990. The van der Waals surface area contributed by atoms with Gasteiger partial charge in [-0.05, 0) is 12.8 Å². The first-order valence-corrected chi connectivity index (χ1v) is 24.5. The minimum Gasteiger partial charge on any atom is -0.462 e. The van der Waals surface area contributed by atoms with E-state index in [-0.39, 0.29) is 38.6 Å². The Bertz CT molecular complexity index is 860. The fraction of sp³-hybridized carbons (Fsp3) is 0.955. The quantitative estimate of drug-likeness (QED) is 0.0351. The molecule has 0 heterocycles. The van der Waals surface area contributed by atoms with Gasteiger partial charge in [-0.1, -0.05) is 213 Å². The number of phosphoric acid groups is 1. The Morgan fingerprint density at radius 1 is 0.481 bits per heavy atom. The maximum Gasteiger partial charge on any atom is 0.472 e. The molecule has 0 fully saturated rings. The van der Waals surface area contributed by atoms with Gasteiger partial charge in [0.25, 0.3) is 0 Å². The van der Waals surface area contributed by atoms with Crippen molar-refractivity contribution in [2.75, 3.05) is 26.4 Å². The molecule has 54 heavy (non-hydrogen) atoms. The number of nitrogens with two attached hydrogens (primary N) is 1. The third kappa shape index (κ3) is 40.7. The largest absolute Gasteiger partial charge is 0.472 e. The second-order valence-electron chi connectivity index (χ2n) is 15.6. The molecule has 0 rings (SSSR count). The third-order valence-electron chi connectivity index (χ3n) is 10.2. The average molecular weight is 790 g/mol. The molecule has 0 aliphatic carbocycles. The molecule has 0 aromatic carbocycles. The fourth-order valence-corrected chi connectivity index (χ4v) is 7.58. The molecule has 0 amide bonds. The van der Waals surface area contributed by atoms with E-state index >= 15 is 0 Å². The lowest BCUT2D eigenvalue weighted by Gasteiger charge is -2.19. The van der Waals surface area contributed by atoms with E-state index in [9.17, 15) is 19.0 Å². The Kier molecular flexibility index (Phi) is 40.9. The van der Waals surface area contributed by atoms with Gasteiger partial charge in [0.2, 0.25) is 0 Å². The van der Waals surface area contributed by atoms with Crippen LogP contribution in [0.15, 0.2) is 0 Å². The highest BCUT2D eigenvalue weighted by Crippen LogP contribution is 2.43. The molecule has 0 spiro atoms. The van der Waals surface area contributed by atoms with Gasteiger partial charge in [0.15, 0.2) is 6.10 Å². The van der Waals surface area contributed by atoms with Gasteiger partial charge in [-0.3, -0.25) is 18.6 Å². The number of unbranched alkanes of at least 4 members (excludes halogenated alkanes) is 31. The summed E-state index contributed by atoms with van der Waals surface area (Å²) in [4.78, 5) is 34.7. The molecule has 322 valence electrons. The zero-order chi connectivity index (χ0) is 39.6. The Labute approximate surface area is 333 Å². The van der Waals surface area contributed by atoms with Gasteiger partial charge in [-0.2, -0.15) is 0 Å². The molecule has 2 unspecified atom stereocenters. The van der Waals surface area contributed by atoms with Gasteiger partial charge in [0, 0.05) is 19.4 Å². The smallest absolute Gasteiger partial charge is 0.462 e. The molecule has 0 radical (unpaired) electrons. The summed E-state index contributed by atoms with van der Waals surface area (Å²) in [6.45, 7) is 3.74. The van der Waals surface area contributed by atoms with Gasteiger partial charge >= 0.3 is 19.8 Å². The average Bonchev–Trinajstić information content (AvgIpc) is 3.16. The van der Waals surface area contributed by atoms with Gasteiger partial charge in [-0.15, -0.1) is 0 Å². The minimum atomic E-state index is -4.36. The van der Waals surface area contributed by atoms with Crippen LogP contribution in [0.4, 0.5) is 0 Å². The molecule has 0 bridgehead atoms. The van der Waals surface area contributed by atoms with Gasteiger partial charge in [0.1, 0.15) is 6.61 Å². The monoisotopic (exact) mass is 790 g/mol. The number of hydrogen-bond donors (Lipinski definition) is 2. The number of rotatable bonds is 44. The van der Waals surface area contributed by atoms with Crippen molar-refractivity contribution in [2.45, 2.75) is 245 Å². The van der Waals surface area contributed by atoms with Crippen LogP contribution >= 0.6 is 7.82 Å². The lowest BCUT2D eigenvalue weighted by atomic mass is 10.0. The molecule has 0 aromatic heterocycles. The maximum absolute atomic E-state index is 12.6. The molecule has 9 nitrogen and oxygen atoms in total. The summed E-state index contributed by atoms with van der Waals surface area (Å²) in [7, 11) is -4.36. The van der Waals surface area contributed by atoms with Crippen molar-refractivity contribution >= 4 is 19.8 Å². The van der Waals surface area contributed by atoms with Crippen molar-refractivity contribution in [2.24, 2.45) is 5.73 Å². The summed E-state index contributed by atoms with van der Waals surface area (Å²) in [5.41, 5.74) is 5.34. The van der Waals surface area contributed by atoms with E-state index in [0.717, 1.165) is 32.1 Å². The van der Waals surface area contributed by atoms with E-state index < -0.39 is 26.5 Å². The van der Waals surface area contributed by atoms with E-state index in [1.165, 1.54) is 173 Å². The molecule has 0 aliphatic heterocycles. The van der Waals surface area contributed by atoms with E-state index in [2.05, 4.69) is 13.8 Å². The second-order valence-corrected chi connectivity index (χ2v) is 17.1. The van der Waals surface area contributed by atoms with E-state index in [0.29, 0.717) is 6.42 Å². The highest BCUT2D eigenvalue weighted by atomic mass is 31.2. The number of phosphoric ester groups is 1.